The molecule has 2 bridgehead atoms. The quantitative estimate of drug-likeness (QED) is 0.245. The van der Waals surface area contributed by atoms with Crippen LogP contribution in [0.1, 0.15) is 102 Å². The fourth-order valence-electron chi connectivity index (χ4n) is 10.5. The van der Waals surface area contributed by atoms with Gasteiger partial charge in [-0.1, -0.05) is 36.7 Å². The predicted molar refractivity (Wildman–Crippen MR) is 228 cm³/mol. The summed E-state index contributed by atoms with van der Waals surface area (Å²) in [5.41, 5.74) is 3.30. The Hall–Kier alpha value is -2.56. The van der Waals surface area contributed by atoms with Crippen molar-refractivity contribution in [3.05, 3.63) is 70.3 Å². The number of aryl methyl sites for hydroxylation is 1. The minimum Gasteiger partial charge on any atom is -0.490 e. The molecule has 3 aliphatic heterocycles. The van der Waals surface area contributed by atoms with Crippen molar-refractivity contribution in [3.8, 4) is 5.75 Å². The standard InChI is InChI=1S/C45H65ClN4O4S/c1-30(2)50-22-21-48(25-33(50)6)28-45(54-31(3)4)20-9-11-32(5)34(7)55(8,52)47-43(51)36-14-18-42-41(24-36)49(26-37-13-16-40(37)45)27-44(29-53-42)19-10-12-35-23-38(46)15-17-39(35)44/h9,14-15,17-18,20,23-24,30-34,37,40H,8,10-13,16,19,21-22,25-29H2,1-7H3,(H,47,51,52)/b20-9+/t32-,33+,34+,37-,40+,44-,45-,55?/m0/s1. The van der Waals surface area contributed by atoms with Gasteiger partial charge in [-0.05, 0) is 145 Å². The van der Waals surface area contributed by atoms with E-state index in [1.165, 1.54) is 11.1 Å². The van der Waals surface area contributed by atoms with Crippen LogP contribution in [0.3, 0.4) is 0 Å². The van der Waals surface area contributed by atoms with Crippen LogP contribution in [0.4, 0.5) is 5.69 Å². The molecule has 10 heteroatoms. The van der Waals surface area contributed by atoms with E-state index in [1.807, 2.05) is 31.2 Å². The number of benzene rings is 2. The van der Waals surface area contributed by atoms with E-state index in [0.717, 1.165) is 94.3 Å². The minimum absolute atomic E-state index is 0.0263. The van der Waals surface area contributed by atoms with E-state index in [-0.39, 0.29) is 28.6 Å². The van der Waals surface area contributed by atoms with Crippen molar-refractivity contribution in [2.45, 2.75) is 121 Å². The molecule has 3 heterocycles. The average Bonchev–Trinajstić information content (AvgIpc) is 3.25. The van der Waals surface area contributed by atoms with Crippen LogP contribution in [0.2, 0.25) is 5.02 Å². The molecule has 2 aliphatic carbocycles. The number of carbonyl (C=O) groups excluding carboxylic acids is 1. The summed E-state index contributed by atoms with van der Waals surface area (Å²) in [6.45, 7) is 21.4. The molecule has 1 saturated heterocycles. The maximum absolute atomic E-state index is 14.2. The van der Waals surface area contributed by atoms with Crippen LogP contribution in [0.5, 0.6) is 5.75 Å². The highest BCUT2D eigenvalue weighted by Crippen LogP contribution is 2.50. The Labute approximate surface area is 336 Å². The van der Waals surface area contributed by atoms with Gasteiger partial charge in [0.15, 0.2) is 0 Å². The molecule has 1 N–H and O–H groups in total. The first-order chi connectivity index (χ1) is 26.1. The first-order valence-electron chi connectivity index (χ1n) is 20.9. The highest BCUT2D eigenvalue weighted by atomic mass is 35.5. The maximum atomic E-state index is 14.2. The Kier molecular flexibility index (Phi) is 11.8. The van der Waals surface area contributed by atoms with Gasteiger partial charge in [-0.3, -0.25) is 19.3 Å². The molecule has 7 rings (SSSR count). The third-order valence-electron chi connectivity index (χ3n) is 13.7. The van der Waals surface area contributed by atoms with E-state index >= 15 is 0 Å². The summed E-state index contributed by atoms with van der Waals surface area (Å²) in [4.78, 5) is 21.7. The third-order valence-corrected chi connectivity index (χ3v) is 16.2. The van der Waals surface area contributed by atoms with Crippen molar-refractivity contribution < 1.29 is 18.5 Å². The SMILES string of the molecule is C=S1(=O)NC(=O)c2ccc3c(c2)N(C[C@@H]2CC[C@H]2[C@](CN2CCN(C(C)C)[C@H](C)C2)(OC(C)C)/C=C/C[C@H](C)[C@H]1C)C[C@@]1(CCCc2cc(Cl)ccc21)CO3. The van der Waals surface area contributed by atoms with Gasteiger partial charge in [0.05, 0.1) is 28.1 Å². The summed E-state index contributed by atoms with van der Waals surface area (Å²) in [6, 6.07) is 13.1. The maximum Gasteiger partial charge on any atom is 0.262 e. The lowest BCUT2D eigenvalue weighted by molar-refractivity contribution is -0.140. The number of halogens is 1. The molecule has 302 valence electrons. The Bertz CT molecular complexity index is 1870. The molecular weight excluding hydrogens is 728 g/mol. The van der Waals surface area contributed by atoms with E-state index in [1.54, 1.807) is 0 Å². The lowest BCUT2D eigenvalue weighted by Crippen LogP contribution is -2.61. The van der Waals surface area contributed by atoms with Gasteiger partial charge in [-0.25, -0.2) is 4.21 Å². The first-order valence-corrected chi connectivity index (χ1v) is 23.1. The highest BCUT2D eigenvalue weighted by molar-refractivity contribution is 7.99. The zero-order valence-corrected chi connectivity index (χ0v) is 35.9. The Morgan fingerprint density at radius 1 is 1.07 bits per heavy atom. The molecule has 55 heavy (non-hydrogen) atoms. The van der Waals surface area contributed by atoms with Gasteiger partial charge in [0.25, 0.3) is 5.91 Å². The normalized spacial score (nSPS) is 35.3. The number of rotatable bonds is 5. The summed E-state index contributed by atoms with van der Waals surface area (Å²) in [5, 5.41) is 0.433. The number of hydrogen-bond acceptors (Lipinski definition) is 7. The predicted octanol–water partition coefficient (Wildman–Crippen LogP) is 7.76. The number of amides is 1. The first kappa shape index (κ1) is 40.6. The lowest BCUT2D eigenvalue weighted by atomic mass is 9.63. The van der Waals surface area contributed by atoms with Gasteiger partial charge >= 0.3 is 0 Å². The van der Waals surface area contributed by atoms with Gasteiger partial charge in [-0.2, -0.15) is 0 Å². The second kappa shape index (κ2) is 16.0. The summed E-state index contributed by atoms with van der Waals surface area (Å²) >= 11 is 6.55. The van der Waals surface area contributed by atoms with Crippen molar-refractivity contribution in [1.82, 2.24) is 14.5 Å². The fourth-order valence-corrected chi connectivity index (χ4v) is 12.2. The Morgan fingerprint density at radius 3 is 2.58 bits per heavy atom. The molecule has 0 aromatic heterocycles. The number of anilines is 1. The highest BCUT2D eigenvalue weighted by Gasteiger charge is 2.51. The molecule has 8 nitrogen and oxygen atoms in total. The number of fused-ring (bicyclic) bond motifs is 4. The molecule has 1 saturated carbocycles. The van der Waals surface area contributed by atoms with Crippen LogP contribution >= 0.6 is 11.6 Å². The average molecular weight is 794 g/mol. The second-order valence-electron chi connectivity index (χ2n) is 18.2. The lowest BCUT2D eigenvalue weighted by Gasteiger charge is -2.54. The largest absolute Gasteiger partial charge is 0.490 e. The second-order valence-corrected chi connectivity index (χ2v) is 21.1. The number of nitrogens with zero attached hydrogens (tertiary/aromatic N) is 3. The molecule has 2 fully saturated rings. The molecule has 2 aromatic carbocycles. The van der Waals surface area contributed by atoms with Gasteiger partial charge in [-0.15, -0.1) is 0 Å². The van der Waals surface area contributed by atoms with E-state index < -0.39 is 15.3 Å². The van der Waals surface area contributed by atoms with Crippen LogP contribution in [0.25, 0.3) is 0 Å². The molecule has 5 aliphatic rings. The van der Waals surface area contributed by atoms with Crippen molar-refractivity contribution in [3.63, 3.8) is 0 Å². The summed E-state index contributed by atoms with van der Waals surface area (Å²) in [7, 11) is -2.97. The topological polar surface area (TPSA) is 74.4 Å². The van der Waals surface area contributed by atoms with Gasteiger partial charge in [0.2, 0.25) is 0 Å². The molecule has 1 spiro atoms. The number of piperazine rings is 1. The molecule has 8 atom stereocenters. The van der Waals surface area contributed by atoms with Crippen molar-refractivity contribution in [2.24, 2.45) is 17.8 Å². The van der Waals surface area contributed by atoms with Crippen molar-refractivity contribution in [2.75, 3.05) is 50.8 Å². The smallest absolute Gasteiger partial charge is 0.262 e. The van der Waals surface area contributed by atoms with Gasteiger partial charge in [0.1, 0.15) is 11.4 Å². The third kappa shape index (κ3) is 8.25. The number of hydrogen-bond donors (Lipinski definition) is 1. The van der Waals surface area contributed by atoms with Gasteiger partial charge < -0.3 is 14.4 Å². The monoisotopic (exact) mass is 792 g/mol. The summed E-state index contributed by atoms with van der Waals surface area (Å²) in [5.74, 6) is 5.23. The molecule has 2 aromatic rings. The van der Waals surface area contributed by atoms with Crippen LogP contribution in [0, 0.1) is 17.8 Å². The zero-order valence-electron chi connectivity index (χ0n) is 34.3. The van der Waals surface area contributed by atoms with Crippen molar-refractivity contribution >= 4 is 38.8 Å². The number of nitrogens with one attached hydrogen (secondary N) is 1. The van der Waals surface area contributed by atoms with Crippen molar-refractivity contribution in [1.29, 1.82) is 0 Å². The molecule has 1 amide bonds. The molecule has 0 radical (unpaired) electrons. The fraction of sp³-hybridized carbons (Fsp3) is 0.644. The number of ether oxygens (including phenoxy) is 2. The van der Waals surface area contributed by atoms with Crippen LogP contribution in [-0.2, 0) is 26.3 Å². The Morgan fingerprint density at radius 2 is 1.87 bits per heavy atom. The Balaban J connectivity index is 1.32. The van der Waals surface area contributed by atoms with Gasteiger partial charge in [0, 0.05) is 72.6 Å². The van der Waals surface area contributed by atoms with E-state index in [0.29, 0.717) is 36.1 Å². The number of allylic oxidation sites excluding steroid dienone is 1. The van der Waals surface area contributed by atoms with Crippen LogP contribution in [0.15, 0.2) is 48.6 Å². The molecule has 1 unspecified atom stereocenters. The summed E-state index contributed by atoms with van der Waals surface area (Å²) < 4.78 is 31.1. The minimum atomic E-state index is -2.97. The van der Waals surface area contributed by atoms with E-state index in [2.05, 4.69) is 91.1 Å². The van der Waals surface area contributed by atoms with Crippen LogP contribution in [-0.4, -0.2) is 101 Å². The molecular formula is C45H65ClN4O4S. The van der Waals surface area contributed by atoms with Crippen LogP contribution < -0.4 is 14.4 Å². The van der Waals surface area contributed by atoms with E-state index in [4.69, 9.17) is 21.1 Å². The van der Waals surface area contributed by atoms with E-state index in [9.17, 15) is 9.00 Å². The summed E-state index contributed by atoms with van der Waals surface area (Å²) in [6.07, 6.45) is 10.7. The zero-order chi connectivity index (χ0) is 39.3. The number of carbonyl (C=O) groups is 1.